The van der Waals surface area contributed by atoms with E-state index in [1.54, 1.807) is 0 Å². The van der Waals surface area contributed by atoms with Crippen molar-refractivity contribution < 1.29 is 9.59 Å². The molecule has 2 unspecified atom stereocenters. The summed E-state index contributed by atoms with van der Waals surface area (Å²) in [6.07, 6.45) is 3.43. The summed E-state index contributed by atoms with van der Waals surface area (Å²) in [5.74, 6) is 0.530. The standard InChI is InChI=1S/C25H30N4O2/c1-27-15-13-21(20-8-3-4-9-22(20)27)26-25(31)29-17-18(19-7-2-5-10-23(19)29)12-16-28-14-6-11-24(28)30/h2-5,7-10,18,21H,6,11-17H2,1H3,(H,26,31). The largest absolute Gasteiger partial charge is 0.374 e. The molecular weight excluding hydrogens is 388 g/mol. The Labute approximate surface area is 183 Å². The van der Waals surface area contributed by atoms with E-state index in [-0.39, 0.29) is 23.9 Å². The van der Waals surface area contributed by atoms with E-state index in [4.69, 9.17) is 0 Å². The molecule has 2 aromatic rings. The van der Waals surface area contributed by atoms with Crippen LogP contribution in [0.1, 0.15) is 48.8 Å². The Hall–Kier alpha value is -3.02. The van der Waals surface area contributed by atoms with Crippen molar-refractivity contribution in [1.29, 1.82) is 0 Å². The minimum Gasteiger partial charge on any atom is -0.374 e. The van der Waals surface area contributed by atoms with Gasteiger partial charge in [0, 0.05) is 56.9 Å². The number of carbonyl (C=O) groups excluding carboxylic acids is 2. The third kappa shape index (κ3) is 3.75. The number of para-hydroxylation sites is 2. The quantitative estimate of drug-likeness (QED) is 0.820. The molecule has 1 N–H and O–H groups in total. The molecule has 0 bridgehead atoms. The second-order valence-corrected chi connectivity index (χ2v) is 8.91. The molecule has 162 valence electrons. The molecule has 2 aromatic carbocycles. The van der Waals surface area contributed by atoms with Gasteiger partial charge in [0.2, 0.25) is 5.91 Å². The molecular formula is C25H30N4O2. The Balaban J connectivity index is 1.31. The maximum atomic E-state index is 13.4. The smallest absolute Gasteiger partial charge is 0.322 e. The van der Waals surface area contributed by atoms with E-state index in [1.165, 1.54) is 16.8 Å². The van der Waals surface area contributed by atoms with Crippen LogP contribution in [0.2, 0.25) is 0 Å². The van der Waals surface area contributed by atoms with Gasteiger partial charge in [-0.3, -0.25) is 9.69 Å². The molecule has 6 heteroatoms. The van der Waals surface area contributed by atoms with Crippen LogP contribution >= 0.6 is 0 Å². The van der Waals surface area contributed by atoms with Crippen molar-refractivity contribution in [1.82, 2.24) is 10.2 Å². The van der Waals surface area contributed by atoms with Crippen molar-refractivity contribution in [2.45, 2.75) is 37.6 Å². The number of carbonyl (C=O) groups is 2. The van der Waals surface area contributed by atoms with Crippen LogP contribution in [0.25, 0.3) is 0 Å². The summed E-state index contributed by atoms with van der Waals surface area (Å²) in [6, 6.07) is 16.5. The Bertz CT molecular complexity index is 991. The van der Waals surface area contributed by atoms with Gasteiger partial charge in [-0.15, -0.1) is 0 Å². The highest BCUT2D eigenvalue weighted by Gasteiger charge is 2.34. The first-order valence-corrected chi connectivity index (χ1v) is 11.4. The first-order valence-electron chi connectivity index (χ1n) is 11.4. The molecule has 6 nitrogen and oxygen atoms in total. The zero-order valence-electron chi connectivity index (χ0n) is 18.1. The number of rotatable bonds is 4. The molecule has 3 amide bonds. The van der Waals surface area contributed by atoms with Gasteiger partial charge in [0.25, 0.3) is 0 Å². The van der Waals surface area contributed by atoms with Crippen LogP contribution < -0.4 is 15.1 Å². The number of hydrogen-bond donors (Lipinski definition) is 1. The SMILES string of the molecule is CN1CCC(NC(=O)N2CC(CCN3CCCC3=O)c3ccccc32)c2ccccc21. The minimum atomic E-state index is -0.0310. The third-order valence-corrected chi connectivity index (χ3v) is 7.01. The van der Waals surface area contributed by atoms with E-state index in [9.17, 15) is 9.59 Å². The maximum absolute atomic E-state index is 13.4. The number of urea groups is 1. The second-order valence-electron chi connectivity index (χ2n) is 8.91. The summed E-state index contributed by atoms with van der Waals surface area (Å²) in [6.45, 7) is 3.23. The molecule has 31 heavy (non-hydrogen) atoms. The summed E-state index contributed by atoms with van der Waals surface area (Å²) in [7, 11) is 2.10. The fourth-order valence-electron chi connectivity index (χ4n) is 5.29. The first-order chi connectivity index (χ1) is 15.1. The van der Waals surface area contributed by atoms with E-state index in [0.717, 1.165) is 44.6 Å². The van der Waals surface area contributed by atoms with E-state index in [0.29, 0.717) is 13.0 Å². The number of hydrogen-bond acceptors (Lipinski definition) is 3. The van der Waals surface area contributed by atoms with Crippen molar-refractivity contribution in [3.8, 4) is 0 Å². The van der Waals surface area contributed by atoms with E-state index in [2.05, 4.69) is 35.5 Å². The van der Waals surface area contributed by atoms with Gasteiger partial charge in [-0.2, -0.15) is 0 Å². The molecule has 3 aliphatic rings. The number of nitrogens with zero attached hydrogens (tertiary/aromatic N) is 3. The van der Waals surface area contributed by atoms with Gasteiger partial charge in [0.05, 0.1) is 6.04 Å². The zero-order chi connectivity index (χ0) is 21.4. The Morgan fingerprint density at radius 3 is 2.55 bits per heavy atom. The second kappa shape index (κ2) is 8.25. The van der Waals surface area contributed by atoms with Crippen LogP contribution in [0, 0.1) is 0 Å². The number of amides is 3. The monoisotopic (exact) mass is 418 g/mol. The molecule has 0 radical (unpaired) electrons. The predicted octanol–water partition coefficient (Wildman–Crippen LogP) is 3.89. The molecule has 0 aliphatic carbocycles. The van der Waals surface area contributed by atoms with E-state index >= 15 is 0 Å². The van der Waals surface area contributed by atoms with Gasteiger partial charge in [-0.1, -0.05) is 36.4 Å². The zero-order valence-corrected chi connectivity index (χ0v) is 18.1. The number of likely N-dealkylation sites (tertiary alicyclic amines) is 1. The number of nitrogens with one attached hydrogen (secondary N) is 1. The number of fused-ring (bicyclic) bond motifs is 2. The number of anilines is 2. The van der Waals surface area contributed by atoms with Crippen LogP contribution in [0.15, 0.2) is 48.5 Å². The van der Waals surface area contributed by atoms with Crippen molar-refractivity contribution in [3.63, 3.8) is 0 Å². The molecule has 3 aliphatic heterocycles. The highest BCUT2D eigenvalue weighted by molar-refractivity contribution is 5.95. The normalized spacial score (nSPS) is 22.5. The van der Waals surface area contributed by atoms with E-state index in [1.807, 2.05) is 40.1 Å². The fraction of sp³-hybridized carbons (Fsp3) is 0.440. The van der Waals surface area contributed by atoms with Crippen LogP contribution in [0.5, 0.6) is 0 Å². The van der Waals surface area contributed by atoms with Gasteiger partial charge in [-0.25, -0.2) is 4.79 Å². The topological polar surface area (TPSA) is 55.9 Å². The Morgan fingerprint density at radius 1 is 1.03 bits per heavy atom. The molecule has 0 aromatic heterocycles. The average Bonchev–Trinajstić information content (AvgIpc) is 3.37. The molecule has 5 rings (SSSR count). The molecule has 3 heterocycles. The lowest BCUT2D eigenvalue weighted by atomic mass is 9.97. The lowest BCUT2D eigenvalue weighted by Crippen LogP contribution is -2.43. The van der Waals surface area contributed by atoms with Crippen molar-refractivity contribution in [3.05, 3.63) is 59.7 Å². The average molecular weight is 419 g/mol. The van der Waals surface area contributed by atoms with Crippen molar-refractivity contribution in [2.75, 3.05) is 43.0 Å². The fourth-order valence-corrected chi connectivity index (χ4v) is 5.29. The highest BCUT2D eigenvalue weighted by Crippen LogP contribution is 2.39. The third-order valence-electron chi connectivity index (χ3n) is 7.01. The Kier molecular flexibility index (Phi) is 5.30. The predicted molar refractivity (Wildman–Crippen MR) is 123 cm³/mol. The lowest BCUT2D eigenvalue weighted by molar-refractivity contribution is -0.127. The van der Waals surface area contributed by atoms with Crippen LogP contribution in [-0.4, -0.2) is 50.1 Å². The van der Waals surface area contributed by atoms with Gasteiger partial charge < -0.3 is 15.1 Å². The molecule has 1 fully saturated rings. The number of benzene rings is 2. The molecule has 2 atom stereocenters. The minimum absolute atomic E-state index is 0.0216. The highest BCUT2D eigenvalue weighted by atomic mass is 16.2. The van der Waals surface area contributed by atoms with Crippen LogP contribution in [0.3, 0.4) is 0 Å². The van der Waals surface area contributed by atoms with Crippen LogP contribution in [0.4, 0.5) is 16.2 Å². The van der Waals surface area contributed by atoms with Gasteiger partial charge in [0.15, 0.2) is 0 Å². The maximum Gasteiger partial charge on any atom is 0.322 e. The molecule has 1 saturated heterocycles. The molecule has 0 spiro atoms. The molecule has 0 saturated carbocycles. The van der Waals surface area contributed by atoms with Gasteiger partial charge in [0.1, 0.15) is 0 Å². The summed E-state index contributed by atoms with van der Waals surface area (Å²) in [5.41, 5.74) is 4.59. The van der Waals surface area contributed by atoms with Gasteiger partial charge >= 0.3 is 6.03 Å². The van der Waals surface area contributed by atoms with Crippen molar-refractivity contribution >= 4 is 23.3 Å². The van der Waals surface area contributed by atoms with Crippen LogP contribution in [-0.2, 0) is 4.79 Å². The Morgan fingerprint density at radius 2 is 1.77 bits per heavy atom. The summed E-state index contributed by atoms with van der Waals surface area (Å²) in [4.78, 5) is 31.5. The lowest BCUT2D eigenvalue weighted by Gasteiger charge is -2.34. The van der Waals surface area contributed by atoms with Crippen molar-refractivity contribution in [2.24, 2.45) is 0 Å². The van der Waals surface area contributed by atoms with E-state index < -0.39 is 0 Å². The summed E-state index contributed by atoms with van der Waals surface area (Å²) < 4.78 is 0. The van der Waals surface area contributed by atoms with Gasteiger partial charge in [-0.05, 0) is 42.5 Å². The summed E-state index contributed by atoms with van der Waals surface area (Å²) >= 11 is 0. The first kappa shape index (κ1) is 19.9. The summed E-state index contributed by atoms with van der Waals surface area (Å²) in [5, 5.41) is 3.30.